The molecule has 0 radical (unpaired) electrons. The molecule has 1 fully saturated rings. The Balaban J connectivity index is 1.96. The van der Waals surface area contributed by atoms with Crippen LogP contribution < -0.4 is 0 Å². The Labute approximate surface area is 83.0 Å². The van der Waals surface area contributed by atoms with Crippen LogP contribution in [0.3, 0.4) is 0 Å². The number of likely N-dealkylation sites (tertiary alicyclic amines) is 1. The Morgan fingerprint density at radius 3 is 2.57 bits per heavy atom. The van der Waals surface area contributed by atoms with Gasteiger partial charge < -0.3 is 10.0 Å². The maximum atomic E-state index is 10.3. The zero-order valence-electron chi connectivity index (χ0n) is 7.89. The molecule has 1 aromatic rings. The largest absolute Gasteiger partial charge is 0.386 e. The fourth-order valence-electron chi connectivity index (χ4n) is 1.87. The lowest BCUT2D eigenvalue weighted by atomic mass is 9.88. The van der Waals surface area contributed by atoms with E-state index >= 15 is 0 Å². The summed E-state index contributed by atoms with van der Waals surface area (Å²) in [4.78, 5) is 11.9. The molecule has 1 heterocycles. The summed E-state index contributed by atoms with van der Waals surface area (Å²) in [5.41, 5.74) is 0.406. The zero-order valence-corrected chi connectivity index (χ0v) is 7.89. The lowest BCUT2D eigenvalue weighted by Gasteiger charge is -2.44. The molecule has 3 nitrogen and oxygen atoms in total. The molecule has 74 valence electrons. The highest BCUT2D eigenvalue weighted by Gasteiger charge is 2.40. The normalized spacial score (nSPS) is 18.8. The Morgan fingerprint density at radius 1 is 1.36 bits per heavy atom. The quantitative estimate of drug-likeness (QED) is 0.704. The van der Waals surface area contributed by atoms with Crippen molar-refractivity contribution in [1.82, 2.24) is 4.90 Å². The first kappa shape index (κ1) is 9.21. The maximum absolute atomic E-state index is 10.3. The van der Waals surface area contributed by atoms with E-state index in [1.54, 1.807) is 4.90 Å². The van der Waals surface area contributed by atoms with Crippen LogP contribution in [0.15, 0.2) is 30.3 Å². The minimum Gasteiger partial charge on any atom is -0.386 e. The summed E-state index contributed by atoms with van der Waals surface area (Å²) in [6.07, 6.45) is 1.40. The highest BCUT2D eigenvalue weighted by molar-refractivity contribution is 5.50. The molecule has 1 aromatic carbocycles. The topological polar surface area (TPSA) is 40.5 Å². The van der Waals surface area contributed by atoms with Gasteiger partial charge in [-0.3, -0.25) is 4.79 Å². The summed E-state index contributed by atoms with van der Waals surface area (Å²) in [7, 11) is 0. The van der Waals surface area contributed by atoms with Crippen LogP contribution in [0.25, 0.3) is 0 Å². The van der Waals surface area contributed by atoms with Gasteiger partial charge in [-0.15, -0.1) is 0 Å². The smallest absolute Gasteiger partial charge is 0.209 e. The number of benzene rings is 1. The monoisotopic (exact) mass is 191 g/mol. The van der Waals surface area contributed by atoms with Crippen LogP contribution in [0.4, 0.5) is 0 Å². The lowest BCUT2D eigenvalue weighted by Crippen LogP contribution is -2.62. The van der Waals surface area contributed by atoms with Crippen molar-refractivity contribution in [1.29, 1.82) is 0 Å². The number of amides is 1. The molecule has 0 aliphatic carbocycles. The van der Waals surface area contributed by atoms with E-state index in [1.807, 2.05) is 30.3 Å². The van der Waals surface area contributed by atoms with E-state index < -0.39 is 5.60 Å². The van der Waals surface area contributed by atoms with Crippen LogP contribution in [0.5, 0.6) is 0 Å². The van der Waals surface area contributed by atoms with Crippen molar-refractivity contribution < 1.29 is 9.90 Å². The average molecular weight is 191 g/mol. The Bertz CT molecular complexity index is 317. The summed E-state index contributed by atoms with van der Waals surface area (Å²) < 4.78 is 0. The number of carbonyl (C=O) groups is 1. The lowest BCUT2D eigenvalue weighted by molar-refractivity contribution is -0.141. The molecule has 2 rings (SSSR count). The number of hydrogen-bond acceptors (Lipinski definition) is 2. The number of β-amino-alcohol motifs (C(OH)–C–C–N with tert-alkyl or cyclic N) is 1. The molecule has 1 saturated heterocycles. The molecule has 0 bridgehead atoms. The van der Waals surface area contributed by atoms with E-state index in [9.17, 15) is 9.90 Å². The first-order valence-electron chi connectivity index (χ1n) is 4.67. The van der Waals surface area contributed by atoms with Gasteiger partial charge in [0.05, 0.1) is 13.1 Å². The summed E-state index contributed by atoms with van der Waals surface area (Å²) in [5, 5.41) is 9.96. The van der Waals surface area contributed by atoms with Crippen molar-refractivity contribution in [2.75, 3.05) is 13.1 Å². The molecular formula is C11H13NO2. The standard InChI is InChI=1S/C11H13NO2/c13-9-12-7-11(14,8-12)6-10-4-2-1-3-5-10/h1-5,9,14H,6-8H2. The van der Waals surface area contributed by atoms with E-state index in [-0.39, 0.29) is 0 Å². The van der Waals surface area contributed by atoms with Gasteiger partial charge in [-0.25, -0.2) is 0 Å². The maximum Gasteiger partial charge on any atom is 0.209 e. The second-order valence-corrected chi connectivity index (χ2v) is 3.90. The van der Waals surface area contributed by atoms with Gasteiger partial charge in [-0.2, -0.15) is 0 Å². The summed E-state index contributed by atoms with van der Waals surface area (Å²) >= 11 is 0. The Hall–Kier alpha value is -1.35. The molecule has 1 aliphatic rings. The number of carbonyl (C=O) groups excluding carboxylic acids is 1. The van der Waals surface area contributed by atoms with Crippen molar-refractivity contribution in [3.8, 4) is 0 Å². The third kappa shape index (κ3) is 1.77. The predicted octanol–water partition coefficient (Wildman–Crippen LogP) is 0.432. The molecular weight excluding hydrogens is 178 g/mol. The molecule has 0 unspecified atom stereocenters. The molecule has 14 heavy (non-hydrogen) atoms. The predicted molar refractivity (Wildman–Crippen MR) is 52.7 cm³/mol. The first-order valence-corrected chi connectivity index (χ1v) is 4.67. The van der Waals surface area contributed by atoms with Crippen LogP contribution >= 0.6 is 0 Å². The van der Waals surface area contributed by atoms with Crippen LogP contribution in [-0.2, 0) is 11.2 Å². The van der Waals surface area contributed by atoms with E-state index in [0.717, 1.165) is 12.0 Å². The van der Waals surface area contributed by atoms with Crippen LogP contribution in [-0.4, -0.2) is 35.1 Å². The van der Waals surface area contributed by atoms with E-state index in [0.29, 0.717) is 19.5 Å². The highest BCUT2D eigenvalue weighted by atomic mass is 16.3. The van der Waals surface area contributed by atoms with Gasteiger partial charge in [0.1, 0.15) is 5.60 Å². The summed E-state index contributed by atoms with van der Waals surface area (Å²) in [5.74, 6) is 0. The van der Waals surface area contributed by atoms with Crippen molar-refractivity contribution in [2.24, 2.45) is 0 Å². The minimum atomic E-state index is -0.706. The van der Waals surface area contributed by atoms with E-state index in [4.69, 9.17) is 0 Å². The number of hydrogen-bond donors (Lipinski definition) is 1. The molecule has 1 amide bonds. The van der Waals surface area contributed by atoms with Crippen LogP contribution in [0.2, 0.25) is 0 Å². The number of aliphatic hydroxyl groups is 1. The zero-order chi connectivity index (χ0) is 10.0. The molecule has 1 N–H and O–H groups in total. The fourth-order valence-corrected chi connectivity index (χ4v) is 1.87. The Morgan fingerprint density at radius 2 is 2.00 bits per heavy atom. The second-order valence-electron chi connectivity index (χ2n) is 3.90. The van der Waals surface area contributed by atoms with Crippen molar-refractivity contribution in [3.63, 3.8) is 0 Å². The third-order valence-corrected chi connectivity index (χ3v) is 2.52. The van der Waals surface area contributed by atoms with Crippen molar-refractivity contribution in [2.45, 2.75) is 12.0 Å². The fraction of sp³-hybridized carbons (Fsp3) is 0.364. The SMILES string of the molecule is O=CN1CC(O)(Cc2ccccc2)C1. The molecule has 0 saturated carbocycles. The second kappa shape index (κ2) is 3.42. The van der Waals surface area contributed by atoms with Gasteiger partial charge in [-0.05, 0) is 5.56 Å². The van der Waals surface area contributed by atoms with Crippen molar-refractivity contribution >= 4 is 6.41 Å². The van der Waals surface area contributed by atoms with Crippen LogP contribution in [0, 0.1) is 0 Å². The molecule has 0 atom stereocenters. The van der Waals surface area contributed by atoms with Gasteiger partial charge in [0.15, 0.2) is 0 Å². The first-order chi connectivity index (χ1) is 6.72. The molecule has 1 aliphatic heterocycles. The van der Waals surface area contributed by atoms with Gasteiger partial charge in [0.2, 0.25) is 6.41 Å². The highest BCUT2D eigenvalue weighted by Crippen LogP contribution is 2.23. The summed E-state index contributed by atoms with van der Waals surface area (Å²) in [6, 6.07) is 9.83. The molecule has 3 heteroatoms. The number of nitrogens with zero attached hydrogens (tertiary/aromatic N) is 1. The summed E-state index contributed by atoms with van der Waals surface area (Å²) in [6.45, 7) is 0.900. The van der Waals surface area contributed by atoms with E-state index in [2.05, 4.69) is 0 Å². The minimum absolute atomic E-state index is 0.450. The number of rotatable bonds is 3. The van der Waals surface area contributed by atoms with Gasteiger partial charge in [0.25, 0.3) is 0 Å². The molecule has 0 spiro atoms. The van der Waals surface area contributed by atoms with Gasteiger partial charge in [0, 0.05) is 6.42 Å². The van der Waals surface area contributed by atoms with Gasteiger partial charge >= 0.3 is 0 Å². The van der Waals surface area contributed by atoms with Crippen LogP contribution in [0.1, 0.15) is 5.56 Å². The Kier molecular flexibility index (Phi) is 2.25. The average Bonchev–Trinajstić information content (AvgIpc) is 2.15. The third-order valence-electron chi connectivity index (χ3n) is 2.52. The molecule has 0 aromatic heterocycles. The van der Waals surface area contributed by atoms with E-state index in [1.165, 1.54) is 0 Å². The van der Waals surface area contributed by atoms with Crippen molar-refractivity contribution in [3.05, 3.63) is 35.9 Å². The van der Waals surface area contributed by atoms with Gasteiger partial charge in [-0.1, -0.05) is 30.3 Å².